The second kappa shape index (κ2) is 5.00. The molecule has 17 heavy (non-hydrogen) atoms. The first-order chi connectivity index (χ1) is 8.16. The molecule has 1 aromatic rings. The van der Waals surface area contributed by atoms with Crippen molar-refractivity contribution in [3.63, 3.8) is 0 Å². The van der Waals surface area contributed by atoms with Gasteiger partial charge in [0.25, 0.3) is 0 Å². The molecule has 1 heterocycles. The molecular weight excluding hydrogens is 236 g/mol. The Labute approximate surface area is 102 Å². The van der Waals surface area contributed by atoms with E-state index < -0.39 is 10.0 Å². The van der Waals surface area contributed by atoms with E-state index in [0.717, 1.165) is 6.42 Å². The van der Waals surface area contributed by atoms with Crippen molar-refractivity contribution in [2.24, 2.45) is 5.73 Å². The summed E-state index contributed by atoms with van der Waals surface area (Å²) < 4.78 is 26.3. The molecule has 0 radical (unpaired) electrons. The van der Waals surface area contributed by atoms with E-state index in [1.54, 1.807) is 24.3 Å². The summed E-state index contributed by atoms with van der Waals surface area (Å²) in [5.41, 5.74) is 6.25. The molecule has 0 bridgehead atoms. The lowest BCUT2D eigenvalue weighted by atomic mass is 10.2. The smallest absolute Gasteiger partial charge is 0.243 e. The number of nitrogens with zero attached hydrogens (tertiary/aromatic N) is 1. The molecular formula is C12H16N2O2S. The Balaban J connectivity index is 2.40. The first-order valence-corrected chi connectivity index (χ1v) is 7.03. The van der Waals surface area contributed by atoms with Crippen molar-refractivity contribution in [1.82, 2.24) is 4.31 Å². The third-order valence-corrected chi connectivity index (χ3v) is 4.80. The molecule has 0 aromatic heterocycles. The van der Waals surface area contributed by atoms with Gasteiger partial charge in [-0.05, 0) is 18.1 Å². The second-order valence-electron chi connectivity index (χ2n) is 3.93. The highest BCUT2D eigenvalue weighted by molar-refractivity contribution is 7.89. The van der Waals surface area contributed by atoms with Gasteiger partial charge < -0.3 is 5.73 Å². The van der Waals surface area contributed by atoms with Gasteiger partial charge in [0, 0.05) is 19.6 Å². The zero-order valence-electron chi connectivity index (χ0n) is 9.54. The fourth-order valence-corrected chi connectivity index (χ4v) is 3.54. The Morgan fingerprint density at radius 2 is 2.00 bits per heavy atom. The molecule has 4 nitrogen and oxygen atoms in total. The highest BCUT2D eigenvalue weighted by Crippen LogP contribution is 2.21. The molecule has 0 aliphatic carbocycles. The topological polar surface area (TPSA) is 63.4 Å². The predicted molar refractivity (Wildman–Crippen MR) is 66.8 cm³/mol. The molecule has 0 atom stereocenters. The van der Waals surface area contributed by atoms with Crippen LogP contribution in [0, 0.1) is 0 Å². The molecule has 2 N–H and O–H groups in total. The maximum absolute atomic E-state index is 12.4. The fourth-order valence-electron chi connectivity index (χ4n) is 1.90. The Kier molecular flexibility index (Phi) is 3.61. The normalized spacial score (nSPS) is 17.2. The summed E-state index contributed by atoms with van der Waals surface area (Å²) in [5, 5.41) is 0. The fraction of sp³-hybridized carbons (Fsp3) is 0.333. The van der Waals surface area contributed by atoms with E-state index in [4.69, 9.17) is 5.73 Å². The quantitative estimate of drug-likeness (QED) is 0.819. The molecule has 1 aliphatic rings. The summed E-state index contributed by atoms with van der Waals surface area (Å²) in [4.78, 5) is 0.331. The molecule has 0 amide bonds. The van der Waals surface area contributed by atoms with Gasteiger partial charge in [-0.15, -0.1) is 0 Å². The molecule has 1 aliphatic heterocycles. The second-order valence-corrected chi connectivity index (χ2v) is 5.84. The van der Waals surface area contributed by atoms with Crippen molar-refractivity contribution >= 4 is 10.0 Å². The molecule has 1 aromatic carbocycles. The van der Waals surface area contributed by atoms with Crippen LogP contribution >= 0.6 is 0 Å². The lowest BCUT2D eigenvalue weighted by molar-refractivity contribution is 0.437. The van der Waals surface area contributed by atoms with Gasteiger partial charge >= 0.3 is 0 Å². The van der Waals surface area contributed by atoms with Gasteiger partial charge in [0.15, 0.2) is 0 Å². The SMILES string of the molecule is NCc1ccccc1S(=O)(=O)N1CC=CCC1. The average Bonchev–Trinajstić information content (AvgIpc) is 2.39. The van der Waals surface area contributed by atoms with Gasteiger partial charge in [0.1, 0.15) is 0 Å². The monoisotopic (exact) mass is 252 g/mol. The van der Waals surface area contributed by atoms with Crippen LogP contribution in [0.15, 0.2) is 41.3 Å². The van der Waals surface area contributed by atoms with Crippen LogP contribution in [0.4, 0.5) is 0 Å². The zero-order valence-corrected chi connectivity index (χ0v) is 10.4. The highest BCUT2D eigenvalue weighted by atomic mass is 32.2. The molecule has 0 fully saturated rings. The zero-order chi connectivity index (χ0) is 12.3. The molecule has 92 valence electrons. The van der Waals surface area contributed by atoms with E-state index in [-0.39, 0.29) is 6.54 Å². The summed E-state index contributed by atoms with van der Waals surface area (Å²) in [6.07, 6.45) is 4.65. The van der Waals surface area contributed by atoms with Gasteiger partial charge in [-0.25, -0.2) is 8.42 Å². The Hall–Kier alpha value is -1.17. The maximum Gasteiger partial charge on any atom is 0.243 e. The van der Waals surface area contributed by atoms with E-state index in [2.05, 4.69) is 0 Å². The number of rotatable bonds is 3. The highest BCUT2D eigenvalue weighted by Gasteiger charge is 2.25. The summed E-state index contributed by atoms with van der Waals surface area (Å²) in [5.74, 6) is 0. The summed E-state index contributed by atoms with van der Waals surface area (Å²) >= 11 is 0. The van der Waals surface area contributed by atoms with Crippen LogP contribution in [0.2, 0.25) is 0 Å². The van der Waals surface area contributed by atoms with Crippen LogP contribution in [0.3, 0.4) is 0 Å². The van der Waals surface area contributed by atoms with Crippen molar-refractivity contribution in [1.29, 1.82) is 0 Å². The number of hydrogen-bond acceptors (Lipinski definition) is 3. The third-order valence-electron chi connectivity index (χ3n) is 2.83. The number of sulfonamides is 1. The van der Waals surface area contributed by atoms with Crippen LogP contribution in [0.1, 0.15) is 12.0 Å². The summed E-state index contributed by atoms with van der Waals surface area (Å²) in [6.45, 7) is 1.22. The van der Waals surface area contributed by atoms with E-state index in [0.29, 0.717) is 23.5 Å². The van der Waals surface area contributed by atoms with E-state index in [9.17, 15) is 8.42 Å². The number of benzene rings is 1. The van der Waals surface area contributed by atoms with Crippen LogP contribution in [0.25, 0.3) is 0 Å². The van der Waals surface area contributed by atoms with E-state index in [1.165, 1.54) is 4.31 Å². The van der Waals surface area contributed by atoms with Gasteiger partial charge in [-0.2, -0.15) is 4.31 Å². The first kappa shape index (κ1) is 12.3. The van der Waals surface area contributed by atoms with Crippen molar-refractivity contribution in [3.8, 4) is 0 Å². The molecule has 0 unspecified atom stereocenters. The molecule has 0 spiro atoms. The average molecular weight is 252 g/mol. The number of nitrogens with two attached hydrogens (primary N) is 1. The Morgan fingerprint density at radius 3 is 2.65 bits per heavy atom. The van der Waals surface area contributed by atoms with Crippen molar-refractivity contribution in [2.75, 3.05) is 13.1 Å². The molecule has 5 heteroatoms. The molecule has 2 rings (SSSR count). The van der Waals surface area contributed by atoms with Gasteiger partial charge in [0.05, 0.1) is 4.90 Å². The van der Waals surface area contributed by atoms with Gasteiger partial charge in [-0.1, -0.05) is 30.4 Å². The minimum atomic E-state index is -3.40. The van der Waals surface area contributed by atoms with Crippen LogP contribution in [0.5, 0.6) is 0 Å². The van der Waals surface area contributed by atoms with Gasteiger partial charge in [-0.3, -0.25) is 0 Å². The number of hydrogen-bond donors (Lipinski definition) is 1. The van der Waals surface area contributed by atoms with Crippen molar-refractivity contribution < 1.29 is 8.42 Å². The van der Waals surface area contributed by atoms with Crippen molar-refractivity contribution in [2.45, 2.75) is 17.9 Å². The van der Waals surface area contributed by atoms with E-state index in [1.807, 2.05) is 12.2 Å². The van der Waals surface area contributed by atoms with Gasteiger partial charge in [0.2, 0.25) is 10.0 Å². The van der Waals surface area contributed by atoms with Crippen LogP contribution in [-0.2, 0) is 16.6 Å². The minimum Gasteiger partial charge on any atom is -0.326 e. The van der Waals surface area contributed by atoms with Crippen LogP contribution < -0.4 is 5.73 Å². The standard InChI is InChI=1S/C12H16N2O2S/c13-10-11-6-2-3-7-12(11)17(15,16)14-8-4-1-5-9-14/h1-4,6-7H,5,8-10,13H2. The maximum atomic E-state index is 12.4. The Bertz CT molecular complexity index is 523. The lowest BCUT2D eigenvalue weighted by Gasteiger charge is -2.23. The van der Waals surface area contributed by atoms with Crippen LogP contribution in [-0.4, -0.2) is 25.8 Å². The summed E-state index contributed by atoms with van der Waals surface area (Å²) in [7, 11) is -3.40. The Morgan fingerprint density at radius 1 is 1.24 bits per heavy atom. The molecule has 0 saturated carbocycles. The predicted octanol–water partition coefficient (Wildman–Crippen LogP) is 1.10. The largest absolute Gasteiger partial charge is 0.326 e. The lowest BCUT2D eigenvalue weighted by Crippen LogP contribution is -2.34. The van der Waals surface area contributed by atoms with E-state index >= 15 is 0 Å². The minimum absolute atomic E-state index is 0.235. The first-order valence-electron chi connectivity index (χ1n) is 5.59. The summed E-state index contributed by atoms with van der Waals surface area (Å²) in [6, 6.07) is 6.91. The third kappa shape index (κ3) is 2.41. The van der Waals surface area contributed by atoms with Crippen molar-refractivity contribution in [3.05, 3.63) is 42.0 Å². The molecule has 0 saturated heterocycles.